The minimum atomic E-state index is -0.121. The summed E-state index contributed by atoms with van der Waals surface area (Å²) in [5.41, 5.74) is 1.98. The maximum atomic E-state index is 11.3. The van der Waals surface area contributed by atoms with Gasteiger partial charge in [0.15, 0.2) is 0 Å². The lowest BCUT2D eigenvalue weighted by molar-refractivity contribution is -0.113. The third-order valence-corrected chi connectivity index (χ3v) is 4.39. The maximum Gasteiger partial charge on any atom is 0.289 e. The van der Waals surface area contributed by atoms with Gasteiger partial charge in [-0.1, -0.05) is 6.07 Å². The smallest absolute Gasteiger partial charge is 0.289 e. The van der Waals surface area contributed by atoms with Crippen molar-refractivity contribution in [2.75, 3.05) is 24.7 Å². The van der Waals surface area contributed by atoms with Gasteiger partial charge in [0, 0.05) is 34.4 Å². The summed E-state index contributed by atoms with van der Waals surface area (Å²) in [7, 11) is 1.74. The average Bonchev–Trinajstić information content (AvgIpc) is 2.35. The van der Waals surface area contributed by atoms with E-state index >= 15 is 0 Å². The molecular weight excluding hydrogens is 316 g/mol. The molecule has 1 aromatic carbocycles. The number of anilines is 1. The predicted molar refractivity (Wildman–Crippen MR) is 76.5 cm³/mol. The summed E-state index contributed by atoms with van der Waals surface area (Å²) < 4.78 is 0. The number of nitrogens with zero attached hydrogens (tertiary/aromatic N) is 1. The summed E-state index contributed by atoms with van der Waals surface area (Å²) in [6, 6.07) is 6.03. The summed E-state index contributed by atoms with van der Waals surface area (Å²) in [6.45, 7) is 0.643. The quantitative estimate of drug-likeness (QED) is 0.685. The SMILES string of the molecule is CN(CCc1ccc2c(c1)NC(=O)CS2)C(=O)Br. The van der Waals surface area contributed by atoms with Crippen LogP contribution in [0.4, 0.5) is 10.5 Å². The molecule has 1 heterocycles. The zero-order valence-corrected chi connectivity index (χ0v) is 12.3. The van der Waals surface area contributed by atoms with Gasteiger partial charge in [0.1, 0.15) is 0 Å². The number of nitrogens with one attached hydrogen (secondary N) is 1. The van der Waals surface area contributed by atoms with Crippen molar-refractivity contribution in [1.29, 1.82) is 0 Å². The molecule has 0 aromatic heterocycles. The number of carbonyl (C=O) groups is 2. The molecule has 0 saturated carbocycles. The molecular formula is C12H13BrN2O2S. The van der Waals surface area contributed by atoms with Crippen LogP contribution in [0.25, 0.3) is 0 Å². The Balaban J connectivity index is 2.04. The molecule has 0 fully saturated rings. The van der Waals surface area contributed by atoms with E-state index in [2.05, 4.69) is 21.2 Å². The number of halogens is 1. The number of rotatable bonds is 3. The van der Waals surface area contributed by atoms with Gasteiger partial charge < -0.3 is 10.2 Å². The Labute approximate surface area is 118 Å². The molecule has 0 aliphatic carbocycles. The van der Waals surface area contributed by atoms with Gasteiger partial charge in [0.2, 0.25) is 5.91 Å². The van der Waals surface area contributed by atoms with Gasteiger partial charge in [-0.3, -0.25) is 9.59 Å². The van der Waals surface area contributed by atoms with Crippen LogP contribution in [0.15, 0.2) is 23.1 Å². The lowest BCUT2D eigenvalue weighted by Crippen LogP contribution is -2.23. The van der Waals surface area contributed by atoms with Crippen LogP contribution in [0.2, 0.25) is 0 Å². The monoisotopic (exact) mass is 328 g/mol. The first kappa shape index (κ1) is 13.4. The van der Waals surface area contributed by atoms with E-state index in [0.29, 0.717) is 12.3 Å². The molecule has 1 aliphatic heterocycles. The minimum absolute atomic E-state index is 0.0393. The van der Waals surface area contributed by atoms with E-state index in [0.717, 1.165) is 22.6 Å². The number of hydrogen-bond acceptors (Lipinski definition) is 3. The number of benzene rings is 1. The lowest BCUT2D eigenvalue weighted by Gasteiger charge is -2.18. The van der Waals surface area contributed by atoms with Crippen molar-refractivity contribution in [2.45, 2.75) is 11.3 Å². The largest absolute Gasteiger partial charge is 0.336 e. The first-order valence-electron chi connectivity index (χ1n) is 5.52. The molecule has 1 aliphatic rings. The molecule has 2 amide bonds. The van der Waals surface area contributed by atoms with Crippen molar-refractivity contribution in [3.05, 3.63) is 23.8 Å². The number of carbonyl (C=O) groups excluding carboxylic acids is 2. The molecule has 0 saturated heterocycles. The average molecular weight is 329 g/mol. The Bertz CT molecular complexity index is 493. The summed E-state index contributed by atoms with van der Waals surface area (Å²) in [6.07, 6.45) is 0.766. The number of likely N-dealkylation sites (N-methyl/N-ethyl adjacent to an activating group) is 1. The normalized spacial score (nSPS) is 13.8. The first-order chi connectivity index (χ1) is 8.56. The van der Waals surface area contributed by atoms with E-state index in [1.807, 2.05) is 18.2 Å². The zero-order valence-electron chi connectivity index (χ0n) is 9.90. The number of amides is 2. The standard InChI is InChI=1S/C12H13BrN2O2S/c1-15(12(13)17)5-4-8-2-3-10-9(6-8)14-11(16)7-18-10/h2-3,6H,4-5,7H2,1H3,(H,14,16). The Morgan fingerprint density at radius 3 is 3.06 bits per heavy atom. The molecule has 2 rings (SSSR count). The fourth-order valence-corrected chi connectivity index (χ4v) is 2.64. The highest BCUT2D eigenvalue weighted by Crippen LogP contribution is 2.32. The highest BCUT2D eigenvalue weighted by molar-refractivity contribution is 9.18. The van der Waals surface area contributed by atoms with Gasteiger partial charge in [0.05, 0.1) is 11.4 Å². The van der Waals surface area contributed by atoms with E-state index in [1.165, 1.54) is 0 Å². The van der Waals surface area contributed by atoms with Gasteiger partial charge in [-0.05, 0) is 24.1 Å². The van der Waals surface area contributed by atoms with Crippen LogP contribution in [-0.4, -0.2) is 35.0 Å². The van der Waals surface area contributed by atoms with Crippen LogP contribution in [0, 0.1) is 0 Å². The van der Waals surface area contributed by atoms with E-state index in [-0.39, 0.29) is 10.7 Å². The third kappa shape index (κ3) is 3.26. The van der Waals surface area contributed by atoms with Gasteiger partial charge in [-0.25, -0.2) is 0 Å². The van der Waals surface area contributed by atoms with Crippen molar-refractivity contribution in [2.24, 2.45) is 0 Å². The Morgan fingerprint density at radius 1 is 1.56 bits per heavy atom. The third-order valence-electron chi connectivity index (χ3n) is 2.71. The number of fused-ring (bicyclic) bond motifs is 1. The predicted octanol–water partition coefficient (Wildman–Crippen LogP) is 2.72. The molecule has 1 aromatic rings. The van der Waals surface area contributed by atoms with Crippen LogP contribution >= 0.6 is 27.7 Å². The van der Waals surface area contributed by atoms with Crippen LogP contribution < -0.4 is 5.32 Å². The van der Waals surface area contributed by atoms with Gasteiger partial charge in [-0.15, -0.1) is 11.8 Å². The highest BCUT2D eigenvalue weighted by Gasteiger charge is 2.15. The summed E-state index contributed by atoms with van der Waals surface area (Å²) in [4.78, 5) is 24.9. The Hall–Kier alpha value is -1.01. The topological polar surface area (TPSA) is 49.4 Å². The second kappa shape index (κ2) is 5.75. The van der Waals surface area contributed by atoms with Crippen molar-refractivity contribution in [3.63, 3.8) is 0 Å². The Kier molecular flexibility index (Phi) is 4.29. The van der Waals surface area contributed by atoms with E-state index in [1.54, 1.807) is 23.7 Å². The van der Waals surface area contributed by atoms with Crippen molar-refractivity contribution < 1.29 is 9.59 Å². The molecule has 0 radical (unpaired) electrons. The summed E-state index contributed by atoms with van der Waals surface area (Å²) in [5.74, 6) is 0.519. The molecule has 4 nitrogen and oxygen atoms in total. The van der Waals surface area contributed by atoms with E-state index in [4.69, 9.17) is 0 Å². The number of hydrogen-bond donors (Lipinski definition) is 1. The molecule has 0 bridgehead atoms. The van der Waals surface area contributed by atoms with Gasteiger partial charge in [-0.2, -0.15) is 0 Å². The molecule has 6 heteroatoms. The first-order valence-corrected chi connectivity index (χ1v) is 7.30. The van der Waals surface area contributed by atoms with Crippen LogP contribution in [0.5, 0.6) is 0 Å². The second-order valence-electron chi connectivity index (χ2n) is 4.09. The molecule has 18 heavy (non-hydrogen) atoms. The molecule has 0 unspecified atom stereocenters. The summed E-state index contributed by atoms with van der Waals surface area (Å²) in [5, 5.41) is 2.86. The zero-order chi connectivity index (χ0) is 13.1. The van der Waals surface area contributed by atoms with Crippen molar-refractivity contribution >= 4 is 44.1 Å². The Morgan fingerprint density at radius 2 is 2.33 bits per heavy atom. The fraction of sp³-hybridized carbons (Fsp3) is 0.333. The van der Waals surface area contributed by atoms with Crippen molar-refractivity contribution in [3.8, 4) is 0 Å². The second-order valence-corrected chi connectivity index (χ2v) is 5.79. The summed E-state index contributed by atoms with van der Waals surface area (Å²) >= 11 is 4.46. The van der Waals surface area contributed by atoms with Crippen molar-refractivity contribution in [1.82, 2.24) is 4.90 Å². The molecule has 0 atom stereocenters. The molecule has 0 spiro atoms. The van der Waals surface area contributed by atoms with Crippen LogP contribution in [0.3, 0.4) is 0 Å². The fourth-order valence-electron chi connectivity index (χ4n) is 1.67. The number of thioether (sulfide) groups is 1. The van der Waals surface area contributed by atoms with Crippen LogP contribution in [-0.2, 0) is 11.2 Å². The van der Waals surface area contributed by atoms with Gasteiger partial charge in [0.25, 0.3) is 4.82 Å². The molecule has 96 valence electrons. The van der Waals surface area contributed by atoms with E-state index < -0.39 is 0 Å². The maximum absolute atomic E-state index is 11.3. The van der Waals surface area contributed by atoms with Crippen LogP contribution in [0.1, 0.15) is 5.56 Å². The minimum Gasteiger partial charge on any atom is -0.336 e. The lowest BCUT2D eigenvalue weighted by atomic mass is 10.1. The van der Waals surface area contributed by atoms with Gasteiger partial charge >= 0.3 is 0 Å². The highest BCUT2D eigenvalue weighted by atomic mass is 79.9. The molecule has 1 N–H and O–H groups in total. The van der Waals surface area contributed by atoms with E-state index in [9.17, 15) is 9.59 Å².